The fourth-order valence-electron chi connectivity index (χ4n) is 3.36. The zero-order valence-corrected chi connectivity index (χ0v) is 11.4. The van der Waals surface area contributed by atoms with Crippen molar-refractivity contribution in [1.29, 1.82) is 0 Å². The molecule has 1 spiro atoms. The highest BCUT2D eigenvalue weighted by atomic mass is 19.1. The van der Waals surface area contributed by atoms with E-state index in [1.54, 1.807) is 6.07 Å². The van der Waals surface area contributed by atoms with E-state index in [0.717, 1.165) is 25.7 Å². The van der Waals surface area contributed by atoms with Crippen molar-refractivity contribution in [2.45, 2.75) is 50.2 Å². The number of benzene rings is 1. The molecule has 4 heteroatoms. The second kappa shape index (κ2) is 5.52. The van der Waals surface area contributed by atoms with Crippen molar-refractivity contribution in [2.24, 2.45) is 0 Å². The lowest BCUT2D eigenvalue weighted by atomic mass is 9.90. The normalized spacial score (nSPS) is 24.8. The molecule has 0 amide bonds. The maximum absolute atomic E-state index is 13.4. The van der Waals surface area contributed by atoms with E-state index in [1.807, 2.05) is 0 Å². The van der Waals surface area contributed by atoms with Crippen LogP contribution in [0, 0.1) is 5.82 Å². The Kier molecular flexibility index (Phi) is 3.74. The van der Waals surface area contributed by atoms with Gasteiger partial charge in [0.2, 0.25) is 0 Å². The first kappa shape index (κ1) is 13.6. The van der Waals surface area contributed by atoms with Gasteiger partial charge in [0.15, 0.2) is 0 Å². The van der Waals surface area contributed by atoms with Gasteiger partial charge in [-0.2, -0.15) is 0 Å². The smallest absolute Gasteiger partial charge is 0.150 e. The Hall–Kier alpha value is -1.42. The molecule has 1 aliphatic heterocycles. The molecule has 108 valence electrons. The molecule has 0 N–H and O–H groups in total. The number of carbonyl (C=O) groups is 1. The van der Waals surface area contributed by atoms with Crippen LogP contribution in [0.3, 0.4) is 0 Å². The van der Waals surface area contributed by atoms with E-state index >= 15 is 0 Å². The van der Waals surface area contributed by atoms with Crippen molar-refractivity contribution in [1.82, 2.24) is 0 Å². The molecule has 1 aromatic rings. The second-order valence-corrected chi connectivity index (χ2v) is 5.81. The predicted molar refractivity (Wildman–Crippen MR) is 72.6 cm³/mol. The summed E-state index contributed by atoms with van der Waals surface area (Å²) in [6, 6.07) is 4.14. The van der Waals surface area contributed by atoms with Crippen LogP contribution in [0.15, 0.2) is 18.2 Å². The van der Waals surface area contributed by atoms with Gasteiger partial charge >= 0.3 is 0 Å². The second-order valence-electron chi connectivity index (χ2n) is 5.81. The first-order valence-electron chi connectivity index (χ1n) is 7.26. The number of rotatable bonds is 3. The van der Waals surface area contributed by atoms with Gasteiger partial charge in [-0.15, -0.1) is 0 Å². The first-order chi connectivity index (χ1) is 9.69. The van der Waals surface area contributed by atoms with Gasteiger partial charge < -0.3 is 9.47 Å². The summed E-state index contributed by atoms with van der Waals surface area (Å²) < 4.78 is 25.2. The summed E-state index contributed by atoms with van der Waals surface area (Å²) in [6.07, 6.45) is 6.96. The Balaban J connectivity index is 1.71. The zero-order chi connectivity index (χ0) is 14.0. The van der Waals surface area contributed by atoms with Crippen molar-refractivity contribution in [2.75, 3.05) is 6.61 Å². The summed E-state index contributed by atoms with van der Waals surface area (Å²) in [6.45, 7) is 0.695. The molecule has 1 saturated carbocycles. The lowest BCUT2D eigenvalue weighted by Gasteiger charge is -2.38. The number of halogens is 1. The van der Waals surface area contributed by atoms with Crippen LogP contribution in [0.4, 0.5) is 4.39 Å². The SMILES string of the molecule is O=Cc1cc(F)cc(OC2CCOC3(CCCC3)C2)c1. The molecule has 1 unspecified atom stereocenters. The molecule has 3 rings (SSSR count). The highest BCUT2D eigenvalue weighted by Crippen LogP contribution is 2.40. The van der Waals surface area contributed by atoms with Crippen molar-refractivity contribution < 1.29 is 18.7 Å². The van der Waals surface area contributed by atoms with Crippen molar-refractivity contribution in [3.8, 4) is 5.75 Å². The summed E-state index contributed by atoms with van der Waals surface area (Å²) in [4.78, 5) is 10.8. The largest absolute Gasteiger partial charge is 0.490 e. The highest BCUT2D eigenvalue weighted by molar-refractivity contribution is 5.75. The molecule has 1 heterocycles. The van der Waals surface area contributed by atoms with Gasteiger partial charge in [-0.3, -0.25) is 4.79 Å². The van der Waals surface area contributed by atoms with E-state index in [9.17, 15) is 9.18 Å². The minimum atomic E-state index is -0.438. The van der Waals surface area contributed by atoms with E-state index in [1.165, 1.54) is 25.0 Å². The Morgan fingerprint density at radius 3 is 2.85 bits per heavy atom. The maximum atomic E-state index is 13.4. The minimum Gasteiger partial charge on any atom is -0.490 e. The molecular weight excluding hydrogens is 259 g/mol. The Morgan fingerprint density at radius 2 is 2.10 bits per heavy atom. The molecule has 2 fully saturated rings. The number of carbonyl (C=O) groups excluding carboxylic acids is 1. The Bertz CT molecular complexity index is 494. The molecule has 20 heavy (non-hydrogen) atoms. The number of aldehydes is 1. The van der Waals surface area contributed by atoms with E-state index in [4.69, 9.17) is 9.47 Å². The topological polar surface area (TPSA) is 35.5 Å². The summed E-state index contributed by atoms with van der Waals surface area (Å²) in [5, 5.41) is 0. The lowest BCUT2D eigenvalue weighted by molar-refractivity contribution is -0.108. The fraction of sp³-hybridized carbons (Fsp3) is 0.562. The molecule has 2 aliphatic rings. The number of ether oxygens (including phenoxy) is 2. The van der Waals surface area contributed by atoms with E-state index in [2.05, 4.69) is 0 Å². The van der Waals surface area contributed by atoms with E-state index in [0.29, 0.717) is 24.2 Å². The third-order valence-electron chi connectivity index (χ3n) is 4.29. The molecular formula is C16H19FO3. The summed E-state index contributed by atoms with van der Waals surface area (Å²) in [5.41, 5.74) is 0.284. The van der Waals surface area contributed by atoms with E-state index in [-0.39, 0.29) is 11.7 Å². The number of hydrogen-bond acceptors (Lipinski definition) is 3. The number of hydrogen-bond donors (Lipinski definition) is 0. The molecule has 0 bridgehead atoms. The molecule has 1 atom stereocenters. The molecule has 3 nitrogen and oxygen atoms in total. The zero-order valence-electron chi connectivity index (χ0n) is 11.4. The summed E-state index contributed by atoms with van der Waals surface area (Å²) in [5.74, 6) is -0.000568. The molecule has 1 aromatic carbocycles. The van der Waals surface area contributed by atoms with Crippen molar-refractivity contribution in [3.63, 3.8) is 0 Å². The van der Waals surface area contributed by atoms with Gasteiger partial charge in [-0.1, -0.05) is 12.8 Å². The van der Waals surface area contributed by atoms with Crippen LogP contribution in [0.1, 0.15) is 48.9 Å². The average molecular weight is 278 g/mol. The van der Waals surface area contributed by atoms with Crippen LogP contribution in [-0.4, -0.2) is 24.6 Å². The van der Waals surface area contributed by atoms with Gasteiger partial charge in [0.25, 0.3) is 0 Å². The van der Waals surface area contributed by atoms with Crippen LogP contribution in [0.2, 0.25) is 0 Å². The molecule has 1 aliphatic carbocycles. The standard InChI is InChI=1S/C16H19FO3/c17-13-7-12(11-18)8-15(9-13)20-14-3-6-19-16(10-14)4-1-2-5-16/h7-9,11,14H,1-6,10H2. The predicted octanol–water partition coefficient (Wildman–Crippen LogP) is 3.51. The first-order valence-corrected chi connectivity index (χ1v) is 7.26. The minimum absolute atomic E-state index is 0.0241. The molecule has 1 saturated heterocycles. The molecule has 0 aromatic heterocycles. The van der Waals surface area contributed by atoms with Gasteiger partial charge in [-0.05, 0) is 25.0 Å². The van der Waals surface area contributed by atoms with Gasteiger partial charge in [0.1, 0.15) is 24.0 Å². The Labute approximate surface area is 118 Å². The maximum Gasteiger partial charge on any atom is 0.150 e. The van der Waals surface area contributed by atoms with Crippen LogP contribution in [-0.2, 0) is 4.74 Å². The van der Waals surface area contributed by atoms with E-state index < -0.39 is 5.82 Å². The van der Waals surface area contributed by atoms with Crippen LogP contribution < -0.4 is 4.74 Å². The average Bonchev–Trinajstić information content (AvgIpc) is 2.86. The Morgan fingerprint density at radius 1 is 1.30 bits per heavy atom. The van der Waals surface area contributed by atoms with Crippen molar-refractivity contribution in [3.05, 3.63) is 29.6 Å². The molecule has 0 radical (unpaired) electrons. The van der Waals surface area contributed by atoms with Gasteiger partial charge in [0.05, 0.1) is 12.2 Å². The lowest BCUT2D eigenvalue weighted by Crippen LogP contribution is -2.41. The highest BCUT2D eigenvalue weighted by Gasteiger charge is 2.40. The van der Waals surface area contributed by atoms with Crippen molar-refractivity contribution >= 4 is 6.29 Å². The summed E-state index contributed by atoms with van der Waals surface area (Å²) in [7, 11) is 0. The third-order valence-corrected chi connectivity index (χ3v) is 4.29. The quantitative estimate of drug-likeness (QED) is 0.794. The van der Waals surface area contributed by atoms with Gasteiger partial charge in [0, 0.05) is 24.5 Å². The third kappa shape index (κ3) is 2.85. The van der Waals surface area contributed by atoms with Crippen LogP contribution in [0.25, 0.3) is 0 Å². The van der Waals surface area contributed by atoms with Crippen LogP contribution >= 0.6 is 0 Å². The monoisotopic (exact) mass is 278 g/mol. The summed E-state index contributed by atoms with van der Waals surface area (Å²) >= 11 is 0. The van der Waals surface area contributed by atoms with Gasteiger partial charge in [-0.25, -0.2) is 4.39 Å². The van der Waals surface area contributed by atoms with Crippen LogP contribution in [0.5, 0.6) is 5.75 Å². The fourth-order valence-corrected chi connectivity index (χ4v) is 3.36.